The highest BCUT2D eigenvalue weighted by atomic mass is 16.1. The zero-order valence-electron chi connectivity index (χ0n) is 13.3. The van der Waals surface area contributed by atoms with Crippen LogP contribution in [0.4, 0.5) is 5.69 Å². The van der Waals surface area contributed by atoms with Gasteiger partial charge in [0.05, 0.1) is 0 Å². The minimum absolute atomic E-state index is 0.0352. The van der Waals surface area contributed by atoms with E-state index in [1.54, 1.807) is 48.5 Å². The average Bonchev–Trinajstić information content (AvgIpc) is 2.63. The SMILES string of the molecule is Cc1ccc(C(=O)Nc2ccc(C(=O)c3ccccc3)cc2)cc1. The number of amides is 1. The number of aryl methyl sites for hydroxylation is 1. The highest BCUT2D eigenvalue weighted by Crippen LogP contribution is 2.15. The fraction of sp³-hybridized carbons (Fsp3) is 0.0476. The second-order valence-electron chi connectivity index (χ2n) is 5.59. The van der Waals surface area contributed by atoms with E-state index in [1.807, 2.05) is 37.3 Å². The van der Waals surface area contributed by atoms with Crippen LogP contribution < -0.4 is 5.32 Å². The summed E-state index contributed by atoms with van der Waals surface area (Å²) in [5.41, 5.74) is 3.61. The van der Waals surface area contributed by atoms with Crippen molar-refractivity contribution < 1.29 is 9.59 Å². The molecule has 118 valence electrons. The molecule has 0 saturated carbocycles. The van der Waals surface area contributed by atoms with E-state index >= 15 is 0 Å². The highest BCUT2D eigenvalue weighted by Gasteiger charge is 2.09. The molecule has 0 atom stereocenters. The number of anilines is 1. The molecular weight excluding hydrogens is 298 g/mol. The molecular formula is C21H17NO2. The van der Waals surface area contributed by atoms with Gasteiger partial charge in [-0.05, 0) is 43.3 Å². The molecule has 3 aromatic carbocycles. The molecule has 3 aromatic rings. The van der Waals surface area contributed by atoms with E-state index in [2.05, 4.69) is 5.32 Å². The molecule has 3 nitrogen and oxygen atoms in total. The number of benzene rings is 3. The van der Waals surface area contributed by atoms with Crippen molar-refractivity contribution in [2.24, 2.45) is 0 Å². The van der Waals surface area contributed by atoms with Gasteiger partial charge in [-0.2, -0.15) is 0 Å². The molecule has 1 N–H and O–H groups in total. The Morgan fingerprint density at radius 2 is 1.21 bits per heavy atom. The summed E-state index contributed by atoms with van der Waals surface area (Å²) in [7, 11) is 0. The van der Waals surface area contributed by atoms with E-state index in [1.165, 1.54) is 0 Å². The molecule has 0 bridgehead atoms. The molecule has 0 aromatic heterocycles. The van der Waals surface area contributed by atoms with Crippen molar-refractivity contribution in [3.05, 3.63) is 101 Å². The van der Waals surface area contributed by atoms with Crippen LogP contribution in [0.2, 0.25) is 0 Å². The zero-order valence-corrected chi connectivity index (χ0v) is 13.3. The minimum Gasteiger partial charge on any atom is -0.322 e. The van der Waals surface area contributed by atoms with Crippen molar-refractivity contribution in [3.8, 4) is 0 Å². The van der Waals surface area contributed by atoms with Crippen LogP contribution in [0.1, 0.15) is 31.8 Å². The fourth-order valence-corrected chi connectivity index (χ4v) is 2.37. The van der Waals surface area contributed by atoms with Gasteiger partial charge in [-0.15, -0.1) is 0 Å². The molecule has 0 saturated heterocycles. The summed E-state index contributed by atoms with van der Waals surface area (Å²) in [6, 6.07) is 23.4. The van der Waals surface area contributed by atoms with E-state index in [-0.39, 0.29) is 11.7 Å². The summed E-state index contributed by atoms with van der Waals surface area (Å²) < 4.78 is 0. The molecule has 0 radical (unpaired) electrons. The molecule has 0 spiro atoms. The van der Waals surface area contributed by atoms with Crippen molar-refractivity contribution in [1.29, 1.82) is 0 Å². The second-order valence-corrected chi connectivity index (χ2v) is 5.59. The third-order valence-electron chi connectivity index (χ3n) is 3.75. The number of carbonyl (C=O) groups excluding carboxylic acids is 2. The van der Waals surface area contributed by atoms with Crippen LogP contribution in [-0.2, 0) is 0 Å². The molecule has 3 heteroatoms. The lowest BCUT2D eigenvalue weighted by molar-refractivity contribution is 0.102. The van der Waals surface area contributed by atoms with Gasteiger partial charge in [0.25, 0.3) is 5.91 Å². The average molecular weight is 315 g/mol. The van der Waals surface area contributed by atoms with Gasteiger partial charge in [-0.3, -0.25) is 9.59 Å². The maximum Gasteiger partial charge on any atom is 0.255 e. The molecule has 0 unspecified atom stereocenters. The predicted molar refractivity (Wildman–Crippen MR) is 95.4 cm³/mol. The van der Waals surface area contributed by atoms with Crippen molar-refractivity contribution in [2.75, 3.05) is 5.32 Å². The summed E-state index contributed by atoms with van der Waals surface area (Å²) in [5, 5.41) is 2.83. The van der Waals surface area contributed by atoms with Gasteiger partial charge in [0.2, 0.25) is 0 Å². The predicted octanol–water partition coefficient (Wildman–Crippen LogP) is 4.48. The molecule has 24 heavy (non-hydrogen) atoms. The third kappa shape index (κ3) is 3.58. The van der Waals surface area contributed by atoms with E-state index in [0.29, 0.717) is 22.4 Å². The van der Waals surface area contributed by atoms with E-state index < -0.39 is 0 Å². The molecule has 0 aliphatic heterocycles. The number of carbonyl (C=O) groups is 2. The Morgan fingerprint density at radius 1 is 0.667 bits per heavy atom. The molecule has 0 fully saturated rings. The Morgan fingerprint density at radius 3 is 1.83 bits per heavy atom. The van der Waals surface area contributed by atoms with Crippen molar-refractivity contribution in [3.63, 3.8) is 0 Å². The first-order valence-corrected chi connectivity index (χ1v) is 7.71. The van der Waals surface area contributed by atoms with Crippen LogP contribution in [0.25, 0.3) is 0 Å². The standard InChI is InChI=1S/C21H17NO2/c1-15-7-9-18(10-8-15)21(24)22-19-13-11-17(12-14-19)20(23)16-5-3-2-4-6-16/h2-14H,1H3,(H,22,24). The fourth-order valence-electron chi connectivity index (χ4n) is 2.37. The quantitative estimate of drug-likeness (QED) is 0.722. The van der Waals surface area contributed by atoms with Gasteiger partial charge < -0.3 is 5.32 Å². The second kappa shape index (κ2) is 6.92. The number of nitrogens with one attached hydrogen (secondary N) is 1. The van der Waals surface area contributed by atoms with Crippen molar-refractivity contribution in [2.45, 2.75) is 6.92 Å². The Kier molecular flexibility index (Phi) is 4.52. The lowest BCUT2D eigenvalue weighted by Gasteiger charge is -2.07. The normalized spacial score (nSPS) is 10.2. The highest BCUT2D eigenvalue weighted by molar-refractivity contribution is 6.09. The number of hydrogen-bond acceptors (Lipinski definition) is 2. The Bertz CT molecular complexity index is 851. The Hall–Kier alpha value is -3.20. The first-order chi connectivity index (χ1) is 11.6. The molecule has 0 aliphatic carbocycles. The van der Waals surface area contributed by atoms with Crippen LogP contribution in [0.15, 0.2) is 78.9 Å². The molecule has 1 amide bonds. The first kappa shape index (κ1) is 15.7. The summed E-state index contributed by atoms with van der Waals surface area (Å²) in [6.07, 6.45) is 0. The smallest absolute Gasteiger partial charge is 0.255 e. The summed E-state index contributed by atoms with van der Waals surface area (Å²) >= 11 is 0. The van der Waals surface area contributed by atoms with E-state index in [9.17, 15) is 9.59 Å². The number of rotatable bonds is 4. The van der Waals surface area contributed by atoms with E-state index in [0.717, 1.165) is 5.56 Å². The van der Waals surface area contributed by atoms with Gasteiger partial charge in [-0.1, -0.05) is 48.0 Å². The monoisotopic (exact) mass is 315 g/mol. The maximum absolute atomic E-state index is 12.3. The van der Waals surface area contributed by atoms with E-state index in [4.69, 9.17) is 0 Å². The van der Waals surface area contributed by atoms with Gasteiger partial charge in [-0.25, -0.2) is 0 Å². The number of hydrogen-bond donors (Lipinski definition) is 1. The Balaban J connectivity index is 1.72. The largest absolute Gasteiger partial charge is 0.322 e. The summed E-state index contributed by atoms with van der Waals surface area (Å²) in [4.78, 5) is 24.5. The van der Waals surface area contributed by atoms with Crippen molar-refractivity contribution >= 4 is 17.4 Å². The van der Waals surface area contributed by atoms with Gasteiger partial charge in [0, 0.05) is 22.4 Å². The minimum atomic E-state index is -0.169. The molecule has 0 heterocycles. The summed E-state index contributed by atoms with van der Waals surface area (Å²) in [6.45, 7) is 1.98. The van der Waals surface area contributed by atoms with Gasteiger partial charge >= 0.3 is 0 Å². The van der Waals surface area contributed by atoms with Gasteiger partial charge in [0.1, 0.15) is 0 Å². The third-order valence-corrected chi connectivity index (χ3v) is 3.75. The zero-order chi connectivity index (χ0) is 16.9. The lowest BCUT2D eigenvalue weighted by atomic mass is 10.0. The van der Waals surface area contributed by atoms with Crippen LogP contribution in [-0.4, -0.2) is 11.7 Å². The maximum atomic E-state index is 12.3. The van der Waals surface area contributed by atoms with Crippen LogP contribution >= 0.6 is 0 Å². The topological polar surface area (TPSA) is 46.2 Å². The molecule has 0 aliphatic rings. The first-order valence-electron chi connectivity index (χ1n) is 7.71. The number of ketones is 1. The van der Waals surface area contributed by atoms with Crippen molar-refractivity contribution in [1.82, 2.24) is 0 Å². The van der Waals surface area contributed by atoms with Gasteiger partial charge in [0.15, 0.2) is 5.78 Å². The van der Waals surface area contributed by atoms with Crippen LogP contribution in [0.3, 0.4) is 0 Å². The summed E-state index contributed by atoms with van der Waals surface area (Å²) in [5.74, 6) is -0.204. The van der Waals surface area contributed by atoms with Crippen LogP contribution in [0, 0.1) is 6.92 Å². The Labute approximate surface area is 141 Å². The van der Waals surface area contributed by atoms with Crippen LogP contribution in [0.5, 0.6) is 0 Å². The lowest BCUT2D eigenvalue weighted by Crippen LogP contribution is -2.12. The molecule has 3 rings (SSSR count).